The minimum absolute atomic E-state index is 0.0857. The topological polar surface area (TPSA) is 53.6 Å². The summed E-state index contributed by atoms with van der Waals surface area (Å²) in [6, 6.07) is 13.9. The zero-order valence-electron chi connectivity index (χ0n) is 14.8. The maximum atomic E-state index is 12.2. The highest BCUT2D eigenvalue weighted by Gasteiger charge is 2.12. The standard InChI is InChI=1S/C20H25N3O2/c1-15-5-10-19(25-2)18(13-15)21-14-20(24)22-16-6-8-17(9-7-16)23-11-3-4-12-23/h5-10,13,21H,3-4,11-12,14H2,1-2H3,(H,22,24). The molecule has 0 unspecified atom stereocenters. The number of benzene rings is 2. The third-order valence-corrected chi connectivity index (χ3v) is 4.42. The van der Waals surface area contributed by atoms with Gasteiger partial charge in [-0.3, -0.25) is 4.79 Å². The molecule has 1 heterocycles. The van der Waals surface area contributed by atoms with Crippen LogP contribution < -0.4 is 20.3 Å². The second kappa shape index (κ2) is 7.92. The number of hydrogen-bond donors (Lipinski definition) is 2. The van der Waals surface area contributed by atoms with Crippen molar-refractivity contribution in [3.63, 3.8) is 0 Å². The molecule has 1 saturated heterocycles. The molecule has 1 fully saturated rings. The molecule has 0 atom stereocenters. The van der Waals surface area contributed by atoms with Crippen molar-refractivity contribution in [2.75, 3.05) is 42.3 Å². The molecule has 0 aliphatic carbocycles. The van der Waals surface area contributed by atoms with Gasteiger partial charge < -0.3 is 20.3 Å². The van der Waals surface area contributed by atoms with Gasteiger partial charge in [0.2, 0.25) is 5.91 Å². The summed E-state index contributed by atoms with van der Waals surface area (Å²) in [6.07, 6.45) is 2.51. The van der Waals surface area contributed by atoms with Gasteiger partial charge in [-0.1, -0.05) is 6.07 Å². The number of nitrogens with one attached hydrogen (secondary N) is 2. The molecule has 5 heteroatoms. The average Bonchev–Trinajstić information content (AvgIpc) is 3.15. The summed E-state index contributed by atoms with van der Waals surface area (Å²) < 4.78 is 5.31. The van der Waals surface area contributed by atoms with Crippen LogP contribution in [-0.4, -0.2) is 32.7 Å². The third-order valence-electron chi connectivity index (χ3n) is 4.42. The largest absolute Gasteiger partial charge is 0.495 e. The number of rotatable bonds is 6. The number of amides is 1. The highest BCUT2D eigenvalue weighted by Crippen LogP contribution is 2.25. The third kappa shape index (κ3) is 4.44. The summed E-state index contributed by atoms with van der Waals surface area (Å²) in [5.74, 6) is 0.644. The minimum atomic E-state index is -0.0857. The fourth-order valence-corrected chi connectivity index (χ4v) is 3.07. The van der Waals surface area contributed by atoms with Gasteiger partial charge in [-0.15, -0.1) is 0 Å². The van der Waals surface area contributed by atoms with Gasteiger partial charge in [-0.2, -0.15) is 0 Å². The van der Waals surface area contributed by atoms with E-state index in [1.165, 1.54) is 18.5 Å². The first-order valence-corrected chi connectivity index (χ1v) is 8.69. The van der Waals surface area contributed by atoms with Crippen molar-refractivity contribution in [1.82, 2.24) is 0 Å². The maximum Gasteiger partial charge on any atom is 0.243 e. The van der Waals surface area contributed by atoms with Crippen molar-refractivity contribution < 1.29 is 9.53 Å². The van der Waals surface area contributed by atoms with E-state index in [4.69, 9.17) is 4.74 Å². The van der Waals surface area contributed by atoms with Crippen LogP contribution in [0, 0.1) is 6.92 Å². The van der Waals surface area contributed by atoms with Crippen LogP contribution >= 0.6 is 0 Å². The molecule has 25 heavy (non-hydrogen) atoms. The van der Waals surface area contributed by atoms with Crippen molar-refractivity contribution in [2.45, 2.75) is 19.8 Å². The number of aryl methyl sites for hydroxylation is 1. The molecular weight excluding hydrogens is 314 g/mol. The Balaban J connectivity index is 1.55. The quantitative estimate of drug-likeness (QED) is 0.843. The molecule has 2 N–H and O–H groups in total. The lowest BCUT2D eigenvalue weighted by molar-refractivity contribution is -0.114. The first-order valence-electron chi connectivity index (χ1n) is 8.69. The molecule has 2 aromatic carbocycles. The summed E-state index contributed by atoms with van der Waals surface area (Å²) in [4.78, 5) is 14.6. The van der Waals surface area contributed by atoms with Gasteiger partial charge in [0.15, 0.2) is 0 Å². The summed E-state index contributed by atoms with van der Waals surface area (Å²) in [5, 5.41) is 6.06. The number of anilines is 3. The smallest absolute Gasteiger partial charge is 0.243 e. The molecule has 1 aliphatic heterocycles. The molecule has 1 amide bonds. The molecule has 0 aromatic heterocycles. The van der Waals surface area contributed by atoms with Gasteiger partial charge in [0.05, 0.1) is 19.3 Å². The fourth-order valence-electron chi connectivity index (χ4n) is 3.07. The number of methoxy groups -OCH3 is 1. The Labute approximate surface area is 149 Å². The first-order chi connectivity index (χ1) is 12.2. The Morgan fingerprint density at radius 2 is 1.84 bits per heavy atom. The van der Waals surface area contributed by atoms with Crippen LogP contribution in [0.5, 0.6) is 5.75 Å². The molecule has 132 valence electrons. The first kappa shape index (κ1) is 17.1. The minimum Gasteiger partial charge on any atom is -0.495 e. The molecular formula is C20H25N3O2. The van der Waals surface area contributed by atoms with Gasteiger partial charge in [0, 0.05) is 24.5 Å². The van der Waals surface area contributed by atoms with Crippen LogP contribution in [0.2, 0.25) is 0 Å². The molecule has 5 nitrogen and oxygen atoms in total. The molecule has 2 aromatic rings. The predicted octanol–water partition coefficient (Wildman–Crippen LogP) is 3.65. The normalized spacial score (nSPS) is 13.6. The summed E-state index contributed by atoms with van der Waals surface area (Å²) in [5.41, 5.74) is 3.97. The number of nitrogens with zero attached hydrogens (tertiary/aromatic N) is 1. The van der Waals surface area contributed by atoms with Crippen LogP contribution in [0.25, 0.3) is 0 Å². The lowest BCUT2D eigenvalue weighted by Gasteiger charge is -2.18. The number of carbonyl (C=O) groups is 1. The summed E-state index contributed by atoms with van der Waals surface area (Å²) in [6.45, 7) is 4.43. The van der Waals surface area contributed by atoms with E-state index in [2.05, 4.69) is 27.7 Å². The van der Waals surface area contributed by atoms with Gasteiger partial charge in [-0.05, 0) is 61.7 Å². The maximum absolute atomic E-state index is 12.2. The van der Waals surface area contributed by atoms with E-state index in [0.29, 0.717) is 0 Å². The van der Waals surface area contributed by atoms with Gasteiger partial charge in [0.1, 0.15) is 5.75 Å². The van der Waals surface area contributed by atoms with E-state index in [1.807, 2.05) is 37.3 Å². The molecule has 0 bridgehead atoms. The van der Waals surface area contributed by atoms with E-state index in [0.717, 1.165) is 35.8 Å². The van der Waals surface area contributed by atoms with Crippen LogP contribution in [0.15, 0.2) is 42.5 Å². The fraction of sp³-hybridized carbons (Fsp3) is 0.350. The highest BCUT2D eigenvalue weighted by atomic mass is 16.5. The zero-order chi connectivity index (χ0) is 17.6. The Kier molecular flexibility index (Phi) is 5.43. The van der Waals surface area contributed by atoms with E-state index < -0.39 is 0 Å². The Bertz CT molecular complexity index is 722. The van der Waals surface area contributed by atoms with Gasteiger partial charge >= 0.3 is 0 Å². The van der Waals surface area contributed by atoms with Crippen molar-refractivity contribution in [3.05, 3.63) is 48.0 Å². The Morgan fingerprint density at radius 3 is 2.52 bits per heavy atom. The number of hydrogen-bond acceptors (Lipinski definition) is 4. The number of ether oxygens (including phenoxy) is 1. The highest BCUT2D eigenvalue weighted by molar-refractivity contribution is 5.94. The van der Waals surface area contributed by atoms with E-state index in [9.17, 15) is 4.79 Å². The Morgan fingerprint density at radius 1 is 1.12 bits per heavy atom. The van der Waals surface area contributed by atoms with E-state index >= 15 is 0 Å². The SMILES string of the molecule is COc1ccc(C)cc1NCC(=O)Nc1ccc(N2CCCC2)cc1. The lowest BCUT2D eigenvalue weighted by atomic mass is 10.2. The average molecular weight is 339 g/mol. The van der Waals surface area contributed by atoms with Gasteiger partial charge in [-0.25, -0.2) is 0 Å². The second-order valence-corrected chi connectivity index (χ2v) is 6.35. The second-order valence-electron chi connectivity index (χ2n) is 6.35. The monoisotopic (exact) mass is 339 g/mol. The van der Waals surface area contributed by atoms with Crippen molar-refractivity contribution in [2.24, 2.45) is 0 Å². The molecule has 0 spiro atoms. The van der Waals surface area contributed by atoms with Gasteiger partial charge in [0.25, 0.3) is 0 Å². The summed E-state index contributed by atoms with van der Waals surface area (Å²) >= 11 is 0. The molecule has 3 rings (SSSR count). The summed E-state index contributed by atoms with van der Waals surface area (Å²) in [7, 11) is 1.62. The molecule has 0 radical (unpaired) electrons. The van der Waals surface area contributed by atoms with Crippen molar-refractivity contribution >= 4 is 23.0 Å². The lowest BCUT2D eigenvalue weighted by Crippen LogP contribution is -2.22. The number of carbonyl (C=O) groups excluding carboxylic acids is 1. The van der Waals surface area contributed by atoms with Crippen molar-refractivity contribution in [1.29, 1.82) is 0 Å². The zero-order valence-corrected chi connectivity index (χ0v) is 14.8. The van der Waals surface area contributed by atoms with Crippen LogP contribution in [0.4, 0.5) is 17.1 Å². The Hall–Kier alpha value is -2.69. The molecule has 1 aliphatic rings. The van der Waals surface area contributed by atoms with E-state index in [-0.39, 0.29) is 12.5 Å². The van der Waals surface area contributed by atoms with E-state index in [1.54, 1.807) is 7.11 Å². The van der Waals surface area contributed by atoms with Crippen LogP contribution in [-0.2, 0) is 4.79 Å². The predicted molar refractivity (Wildman–Crippen MR) is 103 cm³/mol. The van der Waals surface area contributed by atoms with Crippen LogP contribution in [0.3, 0.4) is 0 Å². The molecule has 0 saturated carbocycles. The van der Waals surface area contributed by atoms with Crippen LogP contribution in [0.1, 0.15) is 18.4 Å². The van der Waals surface area contributed by atoms with Crippen molar-refractivity contribution in [3.8, 4) is 5.75 Å².